The number of likely N-dealkylation sites (N-methyl/N-ethyl adjacent to an activating group) is 1. The summed E-state index contributed by atoms with van der Waals surface area (Å²) in [5.41, 5.74) is -4.25. The van der Waals surface area contributed by atoms with Gasteiger partial charge in [-0.2, -0.15) is 0 Å². The van der Waals surface area contributed by atoms with Crippen LogP contribution in [0.2, 0.25) is 0 Å². The summed E-state index contributed by atoms with van der Waals surface area (Å²) in [6, 6.07) is -0.0429. The van der Waals surface area contributed by atoms with Gasteiger partial charge in [-0.05, 0) is 98.4 Å². The minimum atomic E-state index is -1.73. The van der Waals surface area contributed by atoms with Crippen LogP contribution in [-0.2, 0) is 28.5 Å². The molecule has 52 heavy (non-hydrogen) atoms. The molecular weight excluding hydrogens is 670 g/mol. The highest BCUT2D eigenvalue weighted by atomic mass is 16.7. The van der Waals surface area contributed by atoms with E-state index in [0.717, 1.165) is 6.42 Å². The summed E-state index contributed by atoms with van der Waals surface area (Å²) in [5.74, 6) is -3.22. The van der Waals surface area contributed by atoms with E-state index in [9.17, 15) is 30.3 Å². The van der Waals surface area contributed by atoms with Gasteiger partial charge in [0.15, 0.2) is 6.29 Å². The third-order valence-corrected chi connectivity index (χ3v) is 13.3. The number of ether oxygens (including phenoxy) is 5. The van der Waals surface area contributed by atoms with E-state index in [4.69, 9.17) is 23.7 Å². The van der Waals surface area contributed by atoms with Crippen molar-refractivity contribution in [3.05, 3.63) is 0 Å². The van der Waals surface area contributed by atoms with Crippen LogP contribution in [-0.4, -0.2) is 135 Å². The van der Waals surface area contributed by atoms with E-state index >= 15 is 0 Å². The SMILES string of the molecule is CCC(C)N(C)[C@H]1C[C@@H](C)O[C@@H](O[C@@H]2[C@@H](C)C(C3C[C@@](C)(OC)[C@@H](O)[C@H](C)O3)[C@@H](C)C(=O)OC(CC)[C@@](C)(O)[C@H](O)[C@@H](C)C[C@H](C)C[C@@]2(C)O)[C@@H]1O. The standard InChI is InChI=1S/C40H75NO11/c1-15-23(5)41(13)28-18-24(6)49-37(32(28)42)52-35-25(7)31(29-20-39(11,48-14)34(44)27(9)50-29)26(8)36(45)51-30(16-2)40(12,47)33(43)22(4)17-21(3)19-38(35,10)46/h21-35,37,42-44,46-47H,15-20H2,1-14H3/t21-,22-,23?,24+,25-,26+,27-,28-,29?,30?,31?,32+,33+,34-,35+,37-,38+,39+,40+/m0/s1. The van der Waals surface area contributed by atoms with Crippen molar-refractivity contribution in [3.63, 3.8) is 0 Å². The van der Waals surface area contributed by atoms with Crippen LogP contribution in [0.1, 0.15) is 122 Å². The fourth-order valence-corrected chi connectivity index (χ4v) is 9.76. The van der Waals surface area contributed by atoms with Crippen molar-refractivity contribution in [1.82, 2.24) is 4.90 Å². The fraction of sp³-hybridized carbons (Fsp3) is 0.975. The summed E-state index contributed by atoms with van der Waals surface area (Å²) < 4.78 is 31.7. The number of cyclic esters (lactones) is 1. The topological polar surface area (TPSA) is 168 Å². The molecule has 12 nitrogen and oxygen atoms in total. The number of rotatable bonds is 8. The zero-order chi connectivity index (χ0) is 39.7. The van der Waals surface area contributed by atoms with Gasteiger partial charge in [0.1, 0.15) is 23.9 Å². The van der Waals surface area contributed by atoms with Crippen molar-refractivity contribution in [3.8, 4) is 0 Å². The maximum atomic E-state index is 14.3. The van der Waals surface area contributed by atoms with Crippen LogP contribution in [0, 0.1) is 29.6 Å². The summed E-state index contributed by atoms with van der Waals surface area (Å²) >= 11 is 0. The lowest BCUT2D eigenvalue weighted by atomic mass is 9.68. The van der Waals surface area contributed by atoms with Crippen molar-refractivity contribution in [2.24, 2.45) is 29.6 Å². The van der Waals surface area contributed by atoms with Crippen LogP contribution < -0.4 is 0 Å². The molecule has 0 amide bonds. The normalized spacial score (nSPS) is 49.6. The van der Waals surface area contributed by atoms with Gasteiger partial charge in [0.2, 0.25) is 0 Å². The summed E-state index contributed by atoms with van der Waals surface area (Å²) in [5, 5.41) is 58.7. The zero-order valence-electron chi connectivity index (χ0n) is 34.6. The molecule has 0 spiro atoms. The summed E-state index contributed by atoms with van der Waals surface area (Å²) in [7, 11) is 3.54. The van der Waals surface area contributed by atoms with Gasteiger partial charge >= 0.3 is 5.97 Å². The highest BCUT2D eigenvalue weighted by Gasteiger charge is 2.55. The second kappa shape index (κ2) is 17.9. The van der Waals surface area contributed by atoms with E-state index in [2.05, 4.69) is 18.7 Å². The predicted octanol–water partition coefficient (Wildman–Crippen LogP) is 4.05. The largest absolute Gasteiger partial charge is 0.459 e. The number of hydrogen-bond donors (Lipinski definition) is 5. The molecule has 3 aliphatic rings. The Kier molecular flexibility index (Phi) is 15.6. The van der Waals surface area contributed by atoms with E-state index in [1.54, 1.807) is 34.8 Å². The van der Waals surface area contributed by atoms with Crippen LogP contribution in [0.25, 0.3) is 0 Å². The molecule has 0 radical (unpaired) electrons. The highest BCUT2D eigenvalue weighted by Crippen LogP contribution is 2.45. The molecule has 3 fully saturated rings. The molecule has 0 saturated carbocycles. The van der Waals surface area contributed by atoms with Gasteiger partial charge in [-0.25, -0.2) is 0 Å². The first-order valence-corrected chi connectivity index (χ1v) is 19.9. The average molecular weight is 746 g/mol. The van der Waals surface area contributed by atoms with Crippen LogP contribution >= 0.6 is 0 Å². The molecule has 0 aromatic rings. The Labute approximate surface area is 313 Å². The Balaban J connectivity index is 2.20. The number of esters is 1. The molecule has 0 bridgehead atoms. The number of carbonyl (C=O) groups is 1. The molecule has 5 N–H and O–H groups in total. The lowest BCUT2D eigenvalue weighted by Crippen LogP contribution is -2.62. The Hall–Kier alpha value is -0.930. The molecule has 0 aromatic carbocycles. The molecule has 0 aliphatic carbocycles. The van der Waals surface area contributed by atoms with Crippen LogP contribution in [0.3, 0.4) is 0 Å². The molecule has 0 aromatic heterocycles. The quantitative estimate of drug-likeness (QED) is 0.227. The molecule has 3 saturated heterocycles. The Morgan fingerprint density at radius 2 is 1.56 bits per heavy atom. The number of hydrogen-bond acceptors (Lipinski definition) is 12. The molecular formula is C40H75NO11. The van der Waals surface area contributed by atoms with Gasteiger partial charge in [0, 0.05) is 31.5 Å². The fourth-order valence-electron chi connectivity index (χ4n) is 9.76. The molecule has 19 atom stereocenters. The second-order valence-corrected chi connectivity index (χ2v) is 17.7. The van der Waals surface area contributed by atoms with Crippen LogP contribution in [0.5, 0.6) is 0 Å². The van der Waals surface area contributed by atoms with Crippen molar-refractivity contribution in [1.29, 1.82) is 0 Å². The molecule has 3 heterocycles. The van der Waals surface area contributed by atoms with Crippen molar-refractivity contribution >= 4 is 5.97 Å². The number of methoxy groups -OCH3 is 1. The number of carbonyl (C=O) groups excluding carboxylic acids is 1. The van der Waals surface area contributed by atoms with E-state index < -0.39 is 95.5 Å². The number of aliphatic hydroxyl groups excluding tert-OH is 3. The third-order valence-electron chi connectivity index (χ3n) is 13.3. The average Bonchev–Trinajstić information content (AvgIpc) is 3.07. The number of aliphatic hydroxyl groups is 5. The zero-order valence-corrected chi connectivity index (χ0v) is 34.6. The summed E-state index contributed by atoms with van der Waals surface area (Å²) in [6.45, 7) is 22.3. The minimum absolute atomic E-state index is 0.131. The lowest BCUT2D eigenvalue weighted by molar-refractivity contribution is -0.304. The summed E-state index contributed by atoms with van der Waals surface area (Å²) in [6.07, 6.45) is -5.00. The molecule has 12 heteroatoms. The predicted molar refractivity (Wildman–Crippen MR) is 198 cm³/mol. The van der Waals surface area contributed by atoms with E-state index in [0.29, 0.717) is 12.8 Å². The smallest absolute Gasteiger partial charge is 0.309 e. The van der Waals surface area contributed by atoms with Gasteiger partial charge in [-0.15, -0.1) is 0 Å². The highest BCUT2D eigenvalue weighted by molar-refractivity contribution is 5.73. The Morgan fingerprint density at radius 3 is 2.12 bits per heavy atom. The maximum absolute atomic E-state index is 14.3. The maximum Gasteiger partial charge on any atom is 0.309 e. The monoisotopic (exact) mass is 746 g/mol. The van der Waals surface area contributed by atoms with Crippen LogP contribution in [0.4, 0.5) is 0 Å². The molecule has 306 valence electrons. The van der Waals surface area contributed by atoms with Gasteiger partial charge in [0.05, 0.1) is 47.6 Å². The first kappa shape index (κ1) is 45.5. The van der Waals surface area contributed by atoms with Crippen molar-refractivity contribution in [2.45, 2.75) is 206 Å². The lowest BCUT2D eigenvalue weighted by Gasteiger charge is -2.52. The molecule has 3 aliphatic heterocycles. The Bertz CT molecular complexity index is 1140. The van der Waals surface area contributed by atoms with Crippen LogP contribution in [0.15, 0.2) is 0 Å². The minimum Gasteiger partial charge on any atom is -0.459 e. The number of nitrogens with zero attached hydrogens (tertiary/aromatic N) is 1. The first-order valence-electron chi connectivity index (χ1n) is 19.9. The van der Waals surface area contributed by atoms with Gasteiger partial charge in [-0.1, -0.05) is 41.5 Å². The second-order valence-electron chi connectivity index (χ2n) is 17.7. The molecule has 3 rings (SSSR count). The molecule has 4 unspecified atom stereocenters. The summed E-state index contributed by atoms with van der Waals surface area (Å²) in [4.78, 5) is 16.5. The van der Waals surface area contributed by atoms with Gasteiger partial charge < -0.3 is 49.2 Å². The van der Waals surface area contributed by atoms with E-state index in [1.165, 1.54) is 6.92 Å². The first-order chi connectivity index (χ1) is 24.0. The van der Waals surface area contributed by atoms with Crippen molar-refractivity contribution < 1.29 is 54.0 Å². The van der Waals surface area contributed by atoms with E-state index in [-0.39, 0.29) is 43.4 Å². The van der Waals surface area contributed by atoms with Crippen molar-refractivity contribution in [2.75, 3.05) is 14.2 Å². The van der Waals surface area contributed by atoms with Gasteiger partial charge in [-0.3, -0.25) is 9.69 Å². The van der Waals surface area contributed by atoms with Gasteiger partial charge in [0.25, 0.3) is 0 Å². The Morgan fingerprint density at radius 1 is 0.942 bits per heavy atom. The third kappa shape index (κ3) is 9.71. The van der Waals surface area contributed by atoms with E-state index in [1.807, 2.05) is 41.7 Å².